The van der Waals surface area contributed by atoms with Gasteiger partial charge in [0.05, 0.1) is 5.92 Å². The fourth-order valence-electron chi connectivity index (χ4n) is 1.72. The van der Waals surface area contributed by atoms with Gasteiger partial charge in [-0.2, -0.15) is 12.7 Å². The molecule has 1 atom stereocenters. The van der Waals surface area contributed by atoms with Crippen LogP contribution in [0.5, 0.6) is 0 Å². The van der Waals surface area contributed by atoms with Crippen molar-refractivity contribution in [3.63, 3.8) is 0 Å². The number of aliphatic carboxylic acids is 1. The minimum Gasteiger partial charge on any atom is -0.481 e. The quantitative estimate of drug-likeness (QED) is 0.728. The third-order valence-electron chi connectivity index (χ3n) is 2.94. The lowest BCUT2D eigenvalue weighted by molar-refractivity contribution is -0.141. The zero-order chi connectivity index (χ0) is 12.9. The zero-order valence-corrected chi connectivity index (χ0v) is 10.9. The maximum atomic E-state index is 11.8. The molecule has 1 rings (SSSR count). The summed E-state index contributed by atoms with van der Waals surface area (Å²) in [5.41, 5.74) is 0. The van der Waals surface area contributed by atoms with Gasteiger partial charge in [0.2, 0.25) is 0 Å². The highest BCUT2D eigenvalue weighted by molar-refractivity contribution is 7.87. The summed E-state index contributed by atoms with van der Waals surface area (Å²) in [7, 11) is -3.41. The number of hydrogen-bond donors (Lipinski definition) is 2. The van der Waals surface area contributed by atoms with Crippen molar-refractivity contribution in [1.82, 2.24) is 9.03 Å². The van der Waals surface area contributed by atoms with Gasteiger partial charge in [0.1, 0.15) is 0 Å². The second-order valence-corrected chi connectivity index (χ2v) is 6.14. The lowest BCUT2D eigenvalue weighted by Gasteiger charge is -2.26. The molecular formula is C10H20N2O4S. The lowest BCUT2D eigenvalue weighted by Crippen LogP contribution is -2.44. The molecular weight excluding hydrogens is 244 g/mol. The molecule has 17 heavy (non-hydrogen) atoms. The molecule has 2 N–H and O–H groups in total. The number of hydrogen-bond acceptors (Lipinski definition) is 3. The molecule has 1 unspecified atom stereocenters. The summed E-state index contributed by atoms with van der Waals surface area (Å²) in [6, 6.07) is 0. The van der Waals surface area contributed by atoms with E-state index in [4.69, 9.17) is 5.11 Å². The minimum absolute atomic E-state index is 0.173. The molecule has 0 aliphatic carbocycles. The molecule has 1 fully saturated rings. The fraction of sp³-hybridized carbons (Fsp3) is 0.900. The Kier molecular flexibility index (Phi) is 5.35. The normalized spacial score (nSPS) is 20.1. The smallest absolute Gasteiger partial charge is 0.306 e. The molecule has 0 saturated carbocycles. The van der Waals surface area contributed by atoms with E-state index in [9.17, 15) is 13.2 Å². The first-order valence-corrected chi connectivity index (χ1v) is 7.35. The standard InChI is InChI=1S/C10H20N2O4S/c1-9(10(13)14)5-6-11-17(15,16)12-7-3-2-4-8-12/h9,11H,2-8H2,1H3,(H,13,14). The lowest BCUT2D eigenvalue weighted by atomic mass is 10.1. The Morgan fingerprint density at radius 3 is 2.47 bits per heavy atom. The van der Waals surface area contributed by atoms with Crippen molar-refractivity contribution in [1.29, 1.82) is 0 Å². The van der Waals surface area contributed by atoms with E-state index in [-0.39, 0.29) is 6.54 Å². The van der Waals surface area contributed by atoms with E-state index in [2.05, 4.69) is 4.72 Å². The van der Waals surface area contributed by atoms with Crippen LogP contribution in [0.25, 0.3) is 0 Å². The largest absolute Gasteiger partial charge is 0.481 e. The van der Waals surface area contributed by atoms with E-state index >= 15 is 0 Å². The predicted molar refractivity (Wildman–Crippen MR) is 63.8 cm³/mol. The Morgan fingerprint density at radius 1 is 1.35 bits per heavy atom. The maximum absolute atomic E-state index is 11.8. The third-order valence-corrected chi connectivity index (χ3v) is 4.55. The van der Waals surface area contributed by atoms with Crippen LogP contribution >= 0.6 is 0 Å². The molecule has 1 aliphatic heterocycles. The molecule has 1 heterocycles. The van der Waals surface area contributed by atoms with Crippen LogP contribution in [0.15, 0.2) is 0 Å². The van der Waals surface area contributed by atoms with Crippen LogP contribution < -0.4 is 4.72 Å². The number of nitrogens with zero attached hydrogens (tertiary/aromatic N) is 1. The average Bonchev–Trinajstić information content (AvgIpc) is 2.29. The number of piperidine rings is 1. The van der Waals surface area contributed by atoms with Crippen LogP contribution in [0.4, 0.5) is 0 Å². The van der Waals surface area contributed by atoms with E-state index in [0.717, 1.165) is 19.3 Å². The van der Waals surface area contributed by atoms with Crippen LogP contribution in [-0.2, 0) is 15.0 Å². The molecule has 100 valence electrons. The van der Waals surface area contributed by atoms with Gasteiger partial charge in [-0.1, -0.05) is 13.3 Å². The Morgan fingerprint density at radius 2 is 1.94 bits per heavy atom. The van der Waals surface area contributed by atoms with Gasteiger partial charge in [-0.25, -0.2) is 4.72 Å². The van der Waals surface area contributed by atoms with Gasteiger partial charge in [-0.3, -0.25) is 4.79 Å². The van der Waals surface area contributed by atoms with Gasteiger partial charge in [-0.05, 0) is 19.3 Å². The van der Waals surface area contributed by atoms with Gasteiger partial charge in [-0.15, -0.1) is 0 Å². The third kappa shape index (κ3) is 4.61. The van der Waals surface area contributed by atoms with Crippen molar-refractivity contribution in [3.05, 3.63) is 0 Å². The Balaban J connectivity index is 2.36. The maximum Gasteiger partial charge on any atom is 0.306 e. The van der Waals surface area contributed by atoms with Crippen molar-refractivity contribution in [2.75, 3.05) is 19.6 Å². The van der Waals surface area contributed by atoms with Crippen LogP contribution in [0.1, 0.15) is 32.6 Å². The Hall–Kier alpha value is -0.660. The summed E-state index contributed by atoms with van der Waals surface area (Å²) < 4.78 is 27.5. The average molecular weight is 264 g/mol. The molecule has 0 aromatic carbocycles. The highest BCUT2D eigenvalue weighted by Gasteiger charge is 2.23. The van der Waals surface area contributed by atoms with Crippen LogP contribution in [-0.4, -0.2) is 43.4 Å². The molecule has 0 spiro atoms. The van der Waals surface area contributed by atoms with Crippen molar-refractivity contribution in [2.45, 2.75) is 32.6 Å². The minimum atomic E-state index is -3.41. The molecule has 0 aromatic heterocycles. The monoisotopic (exact) mass is 264 g/mol. The summed E-state index contributed by atoms with van der Waals surface area (Å²) in [4.78, 5) is 10.6. The number of carboxylic acids is 1. The van der Waals surface area contributed by atoms with E-state index in [1.165, 1.54) is 4.31 Å². The van der Waals surface area contributed by atoms with Crippen LogP contribution in [0.3, 0.4) is 0 Å². The topological polar surface area (TPSA) is 86.7 Å². The molecule has 1 aliphatic rings. The van der Waals surface area contributed by atoms with E-state index in [0.29, 0.717) is 19.5 Å². The van der Waals surface area contributed by atoms with Gasteiger partial charge in [0, 0.05) is 19.6 Å². The first-order chi connectivity index (χ1) is 7.93. The van der Waals surface area contributed by atoms with Crippen molar-refractivity contribution in [2.24, 2.45) is 5.92 Å². The summed E-state index contributed by atoms with van der Waals surface area (Å²) in [5.74, 6) is -1.43. The molecule has 0 radical (unpaired) electrons. The summed E-state index contributed by atoms with van der Waals surface area (Å²) in [6.45, 7) is 2.86. The van der Waals surface area contributed by atoms with E-state index in [1.54, 1.807) is 6.92 Å². The van der Waals surface area contributed by atoms with Crippen LogP contribution in [0, 0.1) is 5.92 Å². The number of carboxylic acid groups (broad SMARTS) is 1. The molecule has 0 aromatic rings. The second-order valence-electron chi connectivity index (χ2n) is 4.39. The predicted octanol–water partition coefficient (Wildman–Crippen LogP) is 0.418. The number of rotatable bonds is 6. The molecule has 7 heteroatoms. The summed E-state index contributed by atoms with van der Waals surface area (Å²) >= 11 is 0. The summed E-state index contributed by atoms with van der Waals surface area (Å²) in [6.07, 6.45) is 3.17. The summed E-state index contributed by atoms with van der Waals surface area (Å²) in [5, 5.41) is 8.67. The second kappa shape index (κ2) is 6.32. The first-order valence-electron chi connectivity index (χ1n) is 5.91. The molecule has 0 amide bonds. The molecule has 1 saturated heterocycles. The van der Waals surface area contributed by atoms with Crippen molar-refractivity contribution >= 4 is 16.2 Å². The van der Waals surface area contributed by atoms with Crippen LogP contribution in [0.2, 0.25) is 0 Å². The van der Waals surface area contributed by atoms with Gasteiger partial charge in [0.25, 0.3) is 10.2 Å². The number of nitrogens with one attached hydrogen (secondary N) is 1. The number of carbonyl (C=O) groups is 1. The molecule has 0 bridgehead atoms. The van der Waals surface area contributed by atoms with Gasteiger partial charge in [0.15, 0.2) is 0 Å². The fourth-order valence-corrected chi connectivity index (χ4v) is 3.02. The highest BCUT2D eigenvalue weighted by Crippen LogP contribution is 2.12. The van der Waals surface area contributed by atoms with Crippen molar-refractivity contribution < 1.29 is 18.3 Å². The SMILES string of the molecule is CC(CCNS(=O)(=O)N1CCCCC1)C(=O)O. The highest BCUT2D eigenvalue weighted by atomic mass is 32.2. The van der Waals surface area contributed by atoms with Gasteiger partial charge < -0.3 is 5.11 Å². The Bertz CT molecular complexity index is 349. The van der Waals surface area contributed by atoms with Gasteiger partial charge >= 0.3 is 5.97 Å². The van der Waals surface area contributed by atoms with Crippen molar-refractivity contribution in [3.8, 4) is 0 Å². The van der Waals surface area contributed by atoms with E-state index < -0.39 is 22.1 Å². The molecule has 6 nitrogen and oxygen atoms in total. The zero-order valence-electron chi connectivity index (χ0n) is 10.1. The first kappa shape index (κ1) is 14.4. The Labute approximate surface area is 102 Å². The van der Waals surface area contributed by atoms with E-state index in [1.807, 2.05) is 0 Å².